The number of rotatable bonds is 4. The Morgan fingerprint density at radius 1 is 1.13 bits per heavy atom. The Labute approximate surface area is 156 Å². The molecule has 2 aromatic carbocycles. The van der Waals surface area contributed by atoms with Crippen LogP contribution >= 0.6 is 12.4 Å². The van der Waals surface area contributed by atoms with Gasteiger partial charge in [-0.15, -0.1) is 12.4 Å². The van der Waals surface area contributed by atoms with E-state index >= 15 is 0 Å². The van der Waals surface area contributed by atoms with Gasteiger partial charge in [0.05, 0.1) is 9.60 Å². The van der Waals surface area contributed by atoms with E-state index in [2.05, 4.69) is 11.8 Å². The normalized spacial score (nSPS) is 15.6. The first-order valence-electron chi connectivity index (χ1n) is 10.7. The maximum absolute atomic E-state index is 8.29. The van der Waals surface area contributed by atoms with Crippen LogP contribution in [0.3, 0.4) is 0 Å². The fraction of sp³-hybridized carbons (Fsp3) is 0.333. The molecule has 0 atom stereocenters. The van der Waals surface area contributed by atoms with E-state index in [4.69, 9.17) is 9.60 Å². The van der Waals surface area contributed by atoms with Gasteiger partial charge >= 0.3 is 0 Å². The predicted molar refractivity (Wildman–Crippen MR) is 104 cm³/mol. The van der Waals surface area contributed by atoms with Crippen molar-refractivity contribution in [3.63, 3.8) is 0 Å². The first-order chi connectivity index (χ1) is 13.4. The van der Waals surface area contributed by atoms with Gasteiger partial charge in [-0.25, -0.2) is 0 Å². The second-order valence-corrected chi connectivity index (χ2v) is 6.22. The summed E-state index contributed by atoms with van der Waals surface area (Å²) in [5.41, 5.74) is 0.241. The van der Waals surface area contributed by atoms with Gasteiger partial charge in [-0.1, -0.05) is 60.2 Å². The van der Waals surface area contributed by atoms with Crippen molar-refractivity contribution in [2.24, 2.45) is 5.41 Å². The van der Waals surface area contributed by atoms with Crippen LogP contribution in [0.25, 0.3) is 10.8 Å². The van der Waals surface area contributed by atoms with E-state index in [9.17, 15) is 0 Å². The van der Waals surface area contributed by atoms with Crippen LogP contribution in [0.15, 0.2) is 54.4 Å². The molecule has 0 N–H and O–H groups in total. The van der Waals surface area contributed by atoms with E-state index < -0.39 is 12.1 Å². The van der Waals surface area contributed by atoms with Crippen molar-refractivity contribution in [2.75, 3.05) is 13.6 Å². The third-order valence-corrected chi connectivity index (χ3v) is 2.88. The highest BCUT2D eigenvalue weighted by molar-refractivity contribution is 5.85. The lowest BCUT2D eigenvalue weighted by Crippen LogP contribution is -2.17. The Morgan fingerprint density at radius 3 is 2.57 bits per heavy atom. The van der Waals surface area contributed by atoms with Crippen LogP contribution in [0, 0.1) is 17.3 Å². The molecule has 2 rings (SSSR count). The SMILES string of the molecule is Cl.[2H]c1c([2H])c([2H])c2c(CN(C)CC=CC#CC(C)(C)C)c([2H])c([2H])c([2H])c2c1[2H]. The molecule has 0 amide bonds. The molecule has 1 nitrogen and oxygen atoms in total. The zero-order valence-corrected chi connectivity index (χ0v) is 14.7. The molecule has 0 spiro atoms. The van der Waals surface area contributed by atoms with Crippen LogP contribution in [0.4, 0.5) is 0 Å². The van der Waals surface area contributed by atoms with Crippen LogP contribution in [-0.4, -0.2) is 18.5 Å². The van der Waals surface area contributed by atoms with Crippen molar-refractivity contribution in [3.05, 3.63) is 60.0 Å². The maximum atomic E-state index is 8.29. The maximum Gasteiger partial charge on any atom is 0.0629 e. The molecule has 23 heavy (non-hydrogen) atoms. The number of likely N-dealkylation sites (N-methyl/N-ethyl adjacent to an activating group) is 1. The average Bonchev–Trinajstić information content (AvgIpc) is 2.63. The molecule has 2 aromatic rings. The molecule has 0 bridgehead atoms. The van der Waals surface area contributed by atoms with E-state index in [0.717, 1.165) is 0 Å². The molecule has 0 aliphatic carbocycles. The monoisotopic (exact) mass is 334 g/mol. The minimum Gasteiger partial charge on any atom is -0.298 e. The van der Waals surface area contributed by atoms with Crippen molar-refractivity contribution in [1.29, 1.82) is 0 Å². The standard InChI is InChI=1S/C21H25N.ClH/c1-21(2,3)15-8-5-9-16-22(4)17-19-13-10-12-18-11-6-7-14-20(18)19;/h5-7,9-14H,16-17H2,1-4H3;1H/i6D,7D,10D,11D,12D,13D,14D;. The topological polar surface area (TPSA) is 3.24 Å². The molecule has 0 saturated heterocycles. The Balaban J connectivity index is 0.00000450. The molecule has 0 aromatic heterocycles. The molecule has 0 radical (unpaired) electrons. The lowest BCUT2D eigenvalue weighted by atomic mass is 9.98. The number of benzene rings is 2. The van der Waals surface area contributed by atoms with Crippen LogP contribution in [0.1, 0.15) is 35.9 Å². The molecular weight excluding hydrogens is 302 g/mol. The van der Waals surface area contributed by atoms with E-state index in [1.54, 1.807) is 6.08 Å². The number of fused-ring (bicyclic) bond motifs is 1. The summed E-state index contributed by atoms with van der Waals surface area (Å²) in [4.78, 5) is 1.87. The Kier molecular flexibility index (Phi) is 4.16. The molecule has 0 aliphatic heterocycles. The van der Waals surface area contributed by atoms with Crippen molar-refractivity contribution in [3.8, 4) is 11.8 Å². The Morgan fingerprint density at radius 2 is 1.83 bits per heavy atom. The summed E-state index contributed by atoms with van der Waals surface area (Å²) < 4.78 is 56.7. The van der Waals surface area contributed by atoms with Crippen LogP contribution in [-0.2, 0) is 6.54 Å². The van der Waals surface area contributed by atoms with Crippen molar-refractivity contribution in [2.45, 2.75) is 27.3 Å². The highest BCUT2D eigenvalue weighted by atomic mass is 35.5. The van der Waals surface area contributed by atoms with Crippen LogP contribution < -0.4 is 0 Å². The molecule has 0 heterocycles. The van der Waals surface area contributed by atoms with Gasteiger partial charge in [0.2, 0.25) is 0 Å². The third kappa shape index (κ3) is 6.48. The highest BCUT2D eigenvalue weighted by Gasteiger charge is 2.03. The van der Waals surface area contributed by atoms with E-state index in [1.165, 1.54) is 0 Å². The first kappa shape index (κ1) is 10.9. The van der Waals surface area contributed by atoms with Crippen LogP contribution in [0.5, 0.6) is 0 Å². The van der Waals surface area contributed by atoms with Gasteiger partial charge in [0, 0.05) is 18.5 Å². The fourth-order valence-electron chi connectivity index (χ4n) is 1.87. The number of allylic oxidation sites excluding steroid dienone is 1. The lowest BCUT2D eigenvalue weighted by Gasteiger charge is -2.15. The largest absolute Gasteiger partial charge is 0.298 e. The van der Waals surface area contributed by atoms with Crippen molar-refractivity contribution >= 4 is 23.2 Å². The fourth-order valence-corrected chi connectivity index (χ4v) is 1.87. The third-order valence-electron chi connectivity index (χ3n) is 2.88. The predicted octanol–water partition coefficient (Wildman–Crippen LogP) is 5.30. The van der Waals surface area contributed by atoms with Gasteiger partial charge in [0.25, 0.3) is 0 Å². The second kappa shape index (κ2) is 8.77. The number of halogens is 1. The van der Waals surface area contributed by atoms with Gasteiger partial charge in [0.15, 0.2) is 0 Å². The Bertz CT molecular complexity index is 1040. The zero-order chi connectivity index (χ0) is 22.1. The minimum absolute atomic E-state index is 0. The summed E-state index contributed by atoms with van der Waals surface area (Å²) in [6.45, 7) is 6.80. The lowest BCUT2D eigenvalue weighted by molar-refractivity contribution is 0.365. The average molecular weight is 335 g/mol. The quantitative estimate of drug-likeness (QED) is 0.686. The van der Waals surface area contributed by atoms with Gasteiger partial charge in [-0.2, -0.15) is 0 Å². The summed E-state index contributed by atoms with van der Waals surface area (Å²) in [6, 6.07) is -2.33. The summed E-state index contributed by atoms with van der Waals surface area (Å²) in [6.07, 6.45) is 3.64. The first-order valence-corrected chi connectivity index (χ1v) is 7.21. The number of hydrogen-bond acceptors (Lipinski definition) is 1. The smallest absolute Gasteiger partial charge is 0.0629 e. The molecular formula is C21H26ClN. The van der Waals surface area contributed by atoms with Crippen molar-refractivity contribution in [1.82, 2.24) is 4.90 Å². The summed E-state index contributed by atoms with van der Waals surface area (Å²) in [5.74, 6) is 6.09. The molecule has 0 aliphatic rings. The molecule has 0 unspecified atom stereocenters. The molecule has 0 saturated carbocycles. The van der Waals surface area contributed by atoms with Gasteiger partial charge in [-0.05, 0) is 50.2 Å². The minimum atomic E-state index is -0.437. The van der Waals surface area contributed by atoms with E-state index in [1.807, 2.05) is 38.8 Å². The summed E-state index contributed by atoms with van der Waals surface area (Å²) >= 11 is 0. The van der Waals surface area contributed by atoms with E-state index in [-0.39, 0.29) is 65.4 Å². The molecule has 0 fully saturated rings. The number of hydrogen-bond donors (Lipinski definition) is 0. The van der Waals surface area contributed by atoms with Crippen molar-refractivity contribution < 1.29 is 9.60 Å². The number of nitrogens with zero attached hydrogens (tertiary/aromatic N) is 1. The summed E-state index contributed by atoms with van der Waals surface area (Å²) in [5, 5.41) is 0.136. The zero-order valence-electron chi connectivity index (χ0n) is 20.9. The highest BCUT2D eigenvalue weighted by Crippen LogP contribution is 2.19. The molecule has 2 heteroatoms. The van der Waals surface area contributed by atoms with Gasteiger partial charge < -0.3 is 0 Å². The Hall–Kier alpha value is -1.75. The van der Waals surface area contributed by atoms with Gasteiger partial charge in [0.1, 0.15) is 0 Å². The second-order valence-electron chi connectivity index (χ2n) is 6.22. The molecule has 122 valence electrons. The van der Waals surface area contributed by atoms with Crippen LogP contribution in [0.2, 0.25) is 0 Å². The van der Waals surface area contributed by atoms with E-state index in [0.29, 0.717) is 12.1 Å². The van der Waals surface area contributed by atoms with Gasteiger partial charge in [-0.3, -0.25) is 4.90 Å². The summed E-state index contributed by atoms with van der Waals surface area (Å²) in [7, 11) is 1.82.